The van der Waals surface area contributed by atoms with Gasteiger partial charge in [-0.2, -0.15) is 0 Å². The van der Waals surface area contributed by atoms with Crippen molar-refractivity contribution in [1.82, 2.24) is 9.21 Å². The first-order valence-electron chi connectivity index (χ1n) is 14.4. The number of rotatable bonds is 7. The Bertz CT molecular complexity index is 1230. The molecule has 2 aliphatic heterocycles. The number of ether oxygens (including phenoxy) is 1. The number of piperidine rings is 1. The van der Waals surface area contributed by atoms with Crippen molar-refractivity contribution in [1.29, 1.82) is 0 Å². The smallest absolute Gasteiger partial charge is 0.262 e. The molecule has 38 heavy (non-hydrogen) atoms. The molecule has 9 heteroatoms. The number of carbonyl (C=O) groups excluding carboxylic acids is 1. The number of hydrogen-bond donors (Lipinski definition) is 1. The van der Waals surface area contributed by atoms with Gasteiger partial charge in [0.1, 0.15) is 0 Å². The SMILES string of the molecule is COC1CCC2(CC1)Cc1ccc(CCC3CC3)cc1C21N=C(N)N(CC2CCN(S(C)(=O)=O)CC2)C1=O. The van der Waals surface area contributed by atoms with Gasteiger partial charge in [-0.25, -0.2) is 17.7 Å². The molecular formula is C29H42N4O4S. The first kappa shape index (κ1) is 26.3. The highest BCUT2D eigenvalue weighted by Gasteiger charge is 2.66. The lowest BCUT2D eigenvalue weighted by atomic mass is 9.61. The third kappa shape index (κ3) is 4.38. The molecule has 1 aromatic carbocycles. The summed E-state index contributed by atoms with van der Waals surface area (Å²) in [4.78, 5) is 21.5. The normalized spacial score (nSPS) is 32.4. The zero-order chi connectivity index (χ0) is 26.7. The topological polar surface area (TPSA) is 105 Å². The third-order valence-corrected chi connectivity index (χ3v) is 11.5. The first-order chi connectivity index (χ1) is 18.1. The highest BCUT2D eigenvalue weighted by Crippen LogP contribution is 2.62. The number of fused-ring (bicyclic) bond motifs is 3. The summed E-state index contributed by atoms with van der Waals surface area (Å²) in [5.74, 6) is 1.41. The molecule has 2 saturated carbocycles. The molecule has 1 aromatic rings. The molecule has 0 bridgehead atoms. The number of aryl methyl sites for hydroxylation is 1. The summed E-state index contributed by atoms with van der Waals surface area (Å²) in [6, 6.07) is 6.78. The van der Waals surface area contributed by atoms with Crippen molar-refractivity contribution >= 4 is 21.9 Å². The quantitative estimate of drug-likeness (QED) is 0.570. The number of hydrogen-bond acceptors (Lipinski definition) is 6. The Morgan fingerprint density at radius 1 is 1.08 bits per heavy atom. The minimum absolute atomic E-state index is 0.0227. The van der Waals surface area contributed by atoms with Crippen LogP contribution in [0.2, 0.25) is 0 Å². The van der Waals surface area contributed by atoms with Crippen molar-refractivity contribution in [3.8, 4) is 0 Å². The van der Waals surface area contributed by atoms with Gasteiger partial charge in [-0.1, -0.05) is 31.0 Å². The van der Waals surface area contributed by atoms with E-state index in [4.69, 9.17) is 15.5 Å². The van der Waals surface area contributed by atoms with Crippen LogP contribution in [0.25, 0.3) is 0 Å². The average Bonchev–Trinajstić information content (AvgIpc) is 3.65. The van der Waals surface area contributed by atoms with Crippen molar-refractivity contribution in [2.24, 2.45) is 28.0 Å². The fourth-order valence-electron chi connectivity index (χ4n) is 7.70. The number of guanidine groups is 1. The minimum atomic E-state index is -3.19. The van der Waals surface area contributed by atoms with E-state index in [1.807, 2.05) is 0 Å². The Labute approximate surface area is 227 Å². The van der Waals surface area contributed by atoms with Gasteiger partial charge >= 0.3 is 0 Å². The summed E-state index contributed by atoms with van der Waals surface area (Å²) < 4.78 is 31.2. The minimum Gasteiger partial charge on any atom is -0.381 e. The fourth-order valence-corrected chi connectivity index (χ4v) is 8.58. The summed E-state index contributed by atoms with van der Waals surface area (Å²) in [7, 11) is -1.41. The number of carbonyl (C=O) groups is 1. The van der Waals surface area contributed by atoms with E-state index in [9.17, 15) is 13.2 Å². The third-order valence-electron chi connectivity index (χ3n) is 10.2. The number of methoxy groups -OCH3 is 1. The van der Waals surface area contributed by atoms with Gasteiger partial charge in [-0.15, -0.1) is 0 Å². The molecule has 3 aliphatic carbocycles. The second kappa shape index (κ2) is 9.59. The van der Waals surface area contributed by atoms with Gasteiger partial charge in [0.2, 0.25) is 10.0 Å². The Morgan fingerprint density at radius 2 is 1.79 bits per heavy atom. The maximum Gasteiger partial charge on any atom is 0.262 e. The maximum absolute atomic E-state index is 14.6. The molecule has 5 aliphatic rings. The van der Waals surface area contributed by atoms with Crippen molar-refractivity contribution in [2.75, 3.05) is 33.0 Å². The molecule has 1 unspecified atom stereocenters. The first-order valence-corrected chi connectivity index (χ1v) is 16.3. The van der Waals surface area contributed by atoms with Gasteiger partial charge < -0.3 is 10.5 Å². The standard InChI is InChI=1S/C29H42N4O4S/c1-37-24-9-13-28(14-10-24)18-23-8-7-21(6-5-20-3-4-20)17-25(23)29(28)26(34)33(27(30)31-29)19-22-11-15-32(16-12-22)38(2,35)36/h7-8,17,20,22,24H,3-6,9-16,18-19H2,1-2H3,(H2,30,31). The number of nitrogens with zero attached hydrogens (tertiary/aromatic N) is 3. The highest BCUT2D eigenvalue weighted by atomic mass is 32.2. The zero-order valence-corrected chi connectivity index (χ0v) is 23.6. The molecule has 2 heterocycles. The number of sulfonamides is 1. The van der Waals surface area contributed by atoms with Crippen LogP contribution in [0.5, 0.6) is 0 Å². The molecule has 2 spiro atoms. The summed E-state index contributed by atoms with van der Waals surface area (Å²) in [5, 5.41) is 0. The highest BCUT2D eigenvalue weighted by molar-refractivity contribution is 7.88. The average molecular weight is 543 g/mol. The van der Waals surface area contributed by atoms with Crippen LogP contribution in [0.3, 0.4) is 0 Å². The molecule has 1 saturated heterocycles. The van der Waals surface area contributed by atoms with Gasteiger partial charge in [0.25, 0.3) is 5.91 Å². The second-order valence-electron chi connectivity index (χ2n) is 12.6. The predicted molar refractivity (Wildman–Crippen MR) is 147 cm³/mol. The maximum atomic E-state index is 14.6. The van der Waals surface area contributed by atoms with Crippen LogP contribution >= 0.6 is 0 Å². The summed E-state index contributed by atoms with van der Waals surface area (Å²) >= 11 is 0. The van der Waals surface area contributed by atoms with Crippen LogP contribution in [-0.4, -0.2) is 68.6 Å². The Hall–Kier alpha value is -1.97. The van der Waals surface area contributed by atoms with Crippen LogP contribution in [-0.2, 0) is 37.9 Å². The van der Waals surface area contributed by atoms with Gasteiger partial charge in [0, 0.05) is 32.2 Å². The summed E-state index contributed by atoms with van der Waals surface area (Å²) in [6.45, 7) is 1.48. The lowest BCUT2D eigenvalue weighted by Gasteiger charge is -2.45. The Balaban J connectivity index is 1.30. The van der Waals surface area contributed by atoms with E-state index in [0.717, 1.165) is 62.8 Å². The molecule has 6 rings (SSSR count). The van der Waals surface area contributed by atoms with Gasteiger partial charge in [0.15, 0.2) is 11.5 Å². The molecule has 8 nitrogen and oxygen atoms in total. The van der Waals surface area contributed by atoms with Crippen molar-refractivity contribution in [3.63, 3.8) is 0 Å². The van der Waals surface area contributed by atoms with E-state index in [0.29, 0.717) is 25.6 Å². The molecule has 0 aromatic heterocycles. The number of benzene rings is 1. The largest absolute Gasteiger partial charge is 0.381 e. The van der Waals surface area contributed by atoms with E-state index in [-0.39, 0.29) is 23.3 Å². The number of amides is 1. The summed E-state index contributed by atoms with van der Waals surface area (Å²) in [6.07, 6.45) is 12.4. The van der Waals surface area contributed by atoms with Crippen LogP contribution in [0.4, 0.5) is 0 Å². The van der Waals surface area contributed by atoms with E-state index >= 15 is 0 Å². The predicted octanol–water partition coefficient (Wildman–Crippen LogP) is 3.18. The number of aliphatic imine (C=N–C) groups is 1. The van der Waals surface area contributed by atoms with Crippen molar-refractivity contribution in [2.45, 2.75) is 82.3 Å². The monoisotopic (exact) mass is 542 g/mol. The molecule has 3 fully saturated rings. The van der Waals surface area contributed by atoms with E-state index in [1.54, 1.807) is 12.0 Å². The fraction of sp³-hybridized carbons (Fsp3) is 0.724. The van der Waals surface area contributed by atoms with Gasteiger partial charge in [-0.05, 0) is 86.3 Å². The molecule has 0 radical (unpaired) electrons. The Kier molecular flexibility index (Phi) is 6.63. The van der Waals surface area contributed by atoms with E-state index in [2.05, 4.69) is 18.2 Å². The molecule has 1 atom stereocenters. The van der Waals surface area contributed by atoms with Crippen molar-refractivity contribution in [3.05, 3.63) is 34.9 Å². The number of nitrogens with two attached hydrogens (primary N) is 1. The van der Waals surface area contributed by atoms with E-state index in [1.165, 1.54) is 41.0 Å². The lowest BCUT2D eigenvalue weighted by molar-refractivity contribution is -0.138. The second-order valence-corrected chi connectivity index (χ2v) is 14.5. The van der Waals surface area contributed by atoms with E-state index < -0.39 is 15.6 Å². The Morgan fingerprint density at radius 3 is 2.42 bits per heavy atom. The molecule has 1 amide bonds. The summed E-state index contributed by atoms with van der Waals surface area (Å²) in [5.41, 5.74) is 8.97. The van der Waals surface area contributed by atoms with Gasteiger partial charge in [0.05, 0.1) is 12.4 Å². The molecule has 2 N–H and O–H groups in total. The van der Waals surface area contributed by atoms with Crippen molar-refractivity contribution < 1.29 is 17.9 Å². The lowest BCUT2D eigenvalue weighted by Crippen LogP contribution is -2.53. The molecular weight excluding hydrogens is 500 g/mol. The van der Waals surface area contributed by atoms with Crippen LogP contribution < -0.4 is 5.73 Å². The molecule has 208 valence electrons. The van der Waals surface area contributed by atoms with Crippen LogP contribution in [0.15, 0.2) is 23.2 Å². The van der Waals surface area contributed by atoms with Gasteiger partial charge in [-0.3, -0.25) is 9.69 Å². The zero-order valence-electron chi connectivity index (χ0n) is 22.8. The van der Waals surface area contributed by atoms with Crippen LogP contribution in [0.1, 0.15) is 74.5 Å². The van der Waals surface area contributed by atoms with Crippen LogP contribution in [0, 0.1) is 17.3 Å².